The lowest BCUT2D eigenvalue weighted by Crippen LogP contribution is -2.47. The molecular formula is C14H20F2N2. The summed E-state index contributed by atoms with van der Waals surface area (Å²) in [5, 5.41) is 3.45. The van der Waals surface area contributed by atoms with Gasteiger partial charge in [-0.05, 0) is 38.4 Å². The first-order valence-electron chi connectivity index (χ1n) is 6.57. The summed E-state index contributed by atoms with van der Waals surface area (Å²) in [5.41, 5.74) is 0.774. The van der Waals surface area contributed by atoms with E-state index in [1.165, 1.54) is 12.1 Å². The molecule has 4 heteroatoms. The van der Waals surface area contributed by atoms with Gasteiger partial charge in [0.1, 0.15) is 0 Å². The predicted octanol–water partition coefficient (Wildman–Crippen LogP) is 2.93. The summed E-state index contributed by atoms with van der Waals surface area (Å²) >= 11 is 0. The van der Waals surface area contributed by atoms with E-state index in [9.17, 15) is 8.78 Å². The minimum Gasteiger partial charge on any atom is -0.369 e. The van der Waals surface area contributed by atoms with Gasteiger partial charge in [0.25, 0.3) is 0 Å². The van der Waals surface area contributed by atoms with Crippen molar-refractivity contribution in [2.24, 2.45) is 0 Å². The number of anilines is 1. The molecule has 2 atom stereocenters. The normalized spacial score (nSPS) is 24.3. The van der Waals surface area contributed by atoms with Gasteiger partial charge in [0.15, 0.2) is 11.6 Å². The molecule has 2 rings (SSSR count). The molecule has 1 aliphatic heterocycles. The Kier molecular flexibility index (Phi) is 4.17. The number of hydrogen-bond acceptors (Lipinski definition) is 2. The van der Waals surface area contributed by atoms with Crippen LogP contribution in [0.3, 0.4) is 0 Å². The lowest BCUT2D eigenvalue weighted by molar-refractivity contribution is 0.373. The fourth-order valence-electron chi connectivity index (χ4n) is 2.69. The van der Waals surface area contributed by atoms with E-state index in [1.807, 2.05) is 0 Å². The first-order chi connectivity index (χ1) is 8.61. The van der Waals surface area contributed by atoms with E-state index in [-0.39, 0.29) is 0 Å². The number of rotatable bonds is 3. The van der Waals surface area contributed by atoms with Crippen LogP contribution in [-0.2, 0) is 0 Å². The Balaban J connectivity index is 2.08. The zero-order valence-electron chi connectivity index (χ0n) is 10.9. The summed E-state index contributed by atoms with van der Waals surface area (Å²) in [6.45, 7) is 6.09. The van der Waals surface area contributed by atoms with Crippen molar-refractivity contribution in [2.75, 3.05) is 18.0 Å². The average Bonchev–Trinajstić information content (AvgIpc) is 2.34. The molecule has 18 heavy (non-hydrogen) atoms. The summed E-state index contributed by atoms with van der Waals surface area (Å²) in [4.78, 5) is 2.15. The van der Waals surface area contributed by atoms with Gasteiger partial charge in [-0.15, -0.1) is 0 Å². The maximum Gasteiger partial charge on any atom is 0.160 e. The number of benzene rings is 1. The molecule has 100 valence electrons. The zero-order chi connectivity index (χ0) is 13.1. The fraction of sp³-hybridized carbons (Fsp3) is 0.571. The molecule has 0 radical (unpaired) electrons. The predicted molar refractivity (Wildman–Crippen MR) is 69.9 cm³/mol. The molecule has 2 unspecified atom stereocenters. The maximum atomic E-state index is 13.2. The highest BCUT2D eigenvalue weighted by Crippen LogP contribution is 2.26. The van der Waals surface area contributed by atoms with Crippen LogP contribution in [0, 0.1) is 11.6 Å². The molecule has 1 fully saturated rings. The monoisotopic (exact) mass is 254 g/mol. The van der Waals surface area contributed by atoms with Gasteiger partial charge in [-0.3, -0.25) is 0 Å². The van der Waals surface area contributed by atoms with E-state index in [4.69, 9.17) is 0 Å². The van der Waals surface area contributed by atoms with Gasteiger partial charge in [0.05, 0.1) is 0 Å². The largest absolute Gasteiger partial charge is 0.369 e. The lowest BCUT2D eigenvalue weighted by Gasteiger charge is -2.39. The first kappa shape index (κ1) is 13.3. The lowest BCUT2D eigenvalue weighted by atomic mass is 9.97. The Bertz CT molecular complexity index is 409. The topological polar surface area (TPSA) is 15.3 Å². The van der Waals surface area contributed by atoms with Crippen molar-refractivity contribution in [1.29, 1.82) is 0 Å². The van der Waals surface area contributed by atoms with Crippen LogP contribution in [0.5, 0.6) is 0 Å². The SMILES string of the molecule is CCNC1CCN(c2ccc(F)c(F)c2)C(C)C1. The molecule has 1 aromatic carbocycles. The number of piperidine rings is 1. The van der Waals surface area contributed by atoms with Crippen LogP contribution in [-0.4, -0.2) is 25.2 Å². The van der Waals surface area contributed by atoms with Gasteiger partial charge in [0.2, 0.25) is 0 Å². The highest BCUT2D eigenvalue weighted by atomic mass is 19.2. The Morgan fingerprint density at radius 1 is 1.33 bits per heavy atom. The third kappa shape index (κ3) is 2.80. The third-order valence-corrected chi connectivity index (χ3v) is 3.60. The molecule has 0 saturated carbocycles. The Morgan fingerprint density at radius 3 is 2.72 bits per heavy atom. The summed E-state index contributed by atoms with van der Waals surface area (Å²) in [6, 6.07) is 5.02. The Labute approximate surface area is 107 Å². The maximum absolute atomic E-state index is 13.2. The minimum absolute atomic E-state index is 0.340. The van der Waals surface area contributed by atoms with Gasteiger partial charge in [-0.2, -0.15) is 0 Å². The summed E-state index contributed by atoms with van der Waals surface area (Å²) < 4.78 is 26.2. The number of halogens is 2. The van der Waals surface area contributed by atoms with Gasteiger partial charge in [-0.25, -0.2) is 8.78 Å². The second-order valence-corrected chi connectivity index (χ2v) is 4.92. The van der Waals surface area contributed by atoms with Crippen molar-refractivity contribution >= 4 is 5.69 Å². The molecular weight excluding hydrogens is 234 g/mol. The molecule has 1 saturated heterocycles. The highest BCUT2D eigenvalue weighted by Gasteiger charge is 2.25. The van der Waals surface area contributed by atoms with E-state index in [2.05, 4.69) is 24.1 Å². The van der Waals surface area contributed by atoms with Crippen LogP contribution in [0.2, 0.25) is 0 Å². The van der Waals surface area contributed by atoms with Gasteiger partial charge in [-0.1, -0.05) is 6.92 Å². The third-order valence-electron chi connectivity index (χ3n) is 3.60. The van der Waals surface area contributed by atoms with Gasteiger partial charge in [0, 0.05) is 30.4 Å². The van der Waals surface area contributed by atoms with Gasteiger partial charge >= 0.3 is 0 Å². The molecule has 1 N–H and O–H groups in total. The van der Waals surface area contributed by atoms with E-state index >= 15 is 0 Å². The molecule has 0 aliphatic carbocycles. The molecule has 0 spiro atoms. The highest BCUT2D eigenvalue weighted by molar-refractivity contribution is 5.48. The molecule has 2 nitrogen and oxygen atoms in total. The van der Waals surface area contributed by atoms with Crippen molar-refractivity contribution in [3.8, 4) is 0 Å². The van der Waals surface area contributed by atoms with Crippen molar-refractivity contribution in [2.45, 2.75) is 38.8 Å². The van der Waals surface area contributed by atoms with Gasteiger partial charge < -0.3 is 10.2 Å². The van der Waals surface area contributed by atoms with Crippen LogP contribution in [0.4, 0.5) is 14.5 Å². The van der Waals surface area contributed by atoms with E-state index < -0.39 is 11.6 Å². The van der Waals surface area contributed by atoms with E-state index in [1.54, 1.807) is 6.07 Å². The molecule has 1 aliphatic rings. The van der Waals surface area contributed by atoms with E-state index in [0.717, 1.165) is 31.6 Å². The van der Waals surface area contributed by atoms with Crippen LogP contribution in [0.25, 0.3) is 0 Å². The fourth-order valence-corrected chi connectivity index (χ4v) is 2.69. The molecule has 1 aromatic rings. The molecule has 0 bridgehead atoms. The smallest absolute Gasteiger partial charge is 0.160 e. The summed E-state index contributed by atoms with van der Waals surface area (Å²) in [6.07, 6.45) is 2.07. The van der Waals surface area contributed by atoms with Crippen LogP contribution < -0.4 is 10.2 Å². The van der Waals surface area contributed by atoms with E-state index in [0.29, 0.717) is 12.1 Å². The standard InChI is InChI=1S/C14H20F2N2/c1-3-17-11-6-7-18(10(2)8-11)12-4-5-13(15)14(16)9-12/h4-5,9-11,17H,3,6-8H2,1-2H3. The van der Waals surface area contributed by atoms with Crippen LogP contribution in [0.15, 0.2) is 18.2 Å². The second kappa shape index (κ2) is 5.65. The Hall–Kier alpha value is -1.16. The molecule has 0 aromatic heterocycles. The number of hydrogen-bond donors (Lipinski definition) is 1. The Morgan fingerprint density at radius 2 is 2.11 bits per heavy atom. The average molecular weight is 254 g/mol. The minimum atomic E-state index is -0.783. The summed E-state index contributed by atoms with van der Waals surface area (Å²) in [5.74, 6) is -1.55. The van der Waals surface area contributed by atoms with Crippen molar-refractivity contribution in [3.05, 3.63) is 29.8 Å². The van der Waals surface area contributed by atoms with Crippen molar-refractivity contribution < 1.29 is 8.78 Å². The number of nitrogens with one attached hydrogen (secondary N) is 1. The van der Waals surface area contributed by atoms with Crippen molar-refractivity contribution in [1.82, 2.24) is 5.32 Å². The quantitative estimate of drug-likeness (QED) is 0.892. The van der Waals surface area contributed by atoms with Crippen LogP contribution in [0.1, 0.15) is 26.7 Å². The zero-order valence-corrected chi connectivity index (χ0v) is 10.9. The molecule has 0 amide bonds. The van der Waals surface area contributed by atoms with Crippen LogP contribution >= 0.6 is 0 Å². The van der Waals surface area contributed by atoms with Crippen molar-refractivity contribution in [3.63, 3.8) is 0 Å². The number of nitrogens with zero attached hydrogens (tertiary/aromatic N) is 1. The first-order valence-corrected chi connectivity index (χ1v) is 6.57. The molecule has 1 heterocycles. The summed E-state index contributed by atoms with van der Waals surface area (Å²) in [7, 11) is 0. The second-order valence-electron chi connectivity index (χ2n) is 4.92.